The molecule has 0 aliphatic heterocycles. The van der Waals surface area contributed by atoms with Crippen LogP contribution in [0, 0.1) is 22.7 Å². The third-order valence-corrected chi connectivity index (χ3v) is 8.25. The third-order valence-electron chi connectivity index (χ3n) is 5.79. The van der Waals surface area contributed by atoms with E-state index in [2.05, 4.69) is 21.4 Å². The van der Waals surface area contributed by atoms with Crippen LogP contribution in [0.15, 0.2) is 34.2 Å². The molecule has 2 aromatic heterocycles. The molecule has 3 aromatic rings. The number of aryl methyl sites for hydroxylation is 1. The van der Waals surface area contributed by atoms with Crippen molar-refractivity contribution in [1.82, 2.24) is 9.97 Å². The van der Waals surface area contributed by atoms with Crippen molar-refractivity contribution in [2.24, 2.45) is 0 Å². The van der Waals surface area contributed by atoms with Crippen LogP contribution in [0.2, 0.25) is 0 Å². The first-order valence-electron chi connectivity index (χ1n) is 11.2. The van der Waals surface area contributed by atoms with Gasteiger partial charge in [0.2, 0.25) is 5.91 Å². The van der Waals surface area contributed by atoms with Crippen LogP contribution in [0.25, 0.3) is 11.3 Å². The van der Waals surface area contributed by atoms with Gasteiger partial charge in [-0.05, 0) is 49.8 Å². The number of nitrogens with one attached hydrogen (secondary N) is 2. The summed E-state index contributed by atoms with van der Waals surface area (Å²) in [7, 11) is 1.53. The van der Waals surface area contributed by atoms with E-state index in [4.69, 9.17) is 4.74 Å². The van der Waals surface area contributed by atoms with Gasteiger partial charge in [-0.25, -0.2) is 4.98 Å². The van der Waals surface area contributed by atoms with Crippen molar-refractivity contribution in [3.05, 3.63) is 56.2 Å². The topological polar surface area (TPSA) is 132 Å². The molecular weight excluding hydrogens is 482 g/mol. The Morgan fingerprint density at radius 1 is 1.29 bits per heavy atom. The number of fused-ring (bicyclic) bond motifs is 1. The van der Waals surface area contributed by atoms with Crippen LogP contribution in [0.4, 0.5) is 5.00 Å². The van der Waals surface area contributed by atoms with E-state index in [1.54, 1.807) is 24.3 Å². The predicted molar refractivity (Wildman–Crippen MR) is 136 cm³/mol. The SMILES string of the molecule is CC[C@@H](Sc1nc(-c2cccc(OC)c2)c(C#N)c(=O)[nH]1)C(=O)Nc1sc2c(c1C#N)CCCC2. The van der Waals surface area contributed by atoms with Gasteiger partial charge in [-0.15, -0.1) is 11.3 Å². The number of H-pyrrole nitrogens is 1. The summed E-state index contributed by atoms with van der Waals surface area (Å²) in [6, 6.07) is 11.1. The van der Waals surface area contributed by atoms with Crippen molar-refractivity contribution < 1.29 is 9.53 Å². The number of ether oxygens (including phenoxy) is 1. The molecule has 0 saturated heterocycles. The lowest BCUT2D eigenvalue weighted by molar-refractivity contribution is -0.115. The molecule has 1 aliphatic carbocycles. The molecule has 2 N–H and O–H groups in total. The molecule has 8 nitrogen and oxygen atoms in total. The maximum absolute atomic E-state index is 13.2. The van der Waals surface area contributed by atoms with E-state index in [1.165, 1.54) is 23.3 Å². The number of aromatic amines is 1. The predicted octanol–water partition coefficient (Wildman–Crippen LogP) is 4.64. The number of carbonyl (C=O) groups excluding carboxylic acids is 1. The number of hydrogen-bond donors (Lipinski definition) is 2. The van der Waals surface area contributed by atoms with Gasteiger partial charge in [0.05, 0.1) is 23.6 Å². The summed E-state index contributed by atoms with van der Waals surface area (Å²) in [5.41, 5.74) is 1.72. The zero-order valence-corrected chi connectivity index (χ0v) is 20.9. The van der Waals surface area contributed by atoms with Crippen molar-refractivity contribution in [3.8, 4) is 29.1 Å². The molecule has 4 rings (SSSR count). The Bertz CT molecular complexity index is 1410. The molecule has 0 radical (unpaired) electrons. The number of benzene rings is 1. The monoisotopic (exact) mass is 505 g/mol. The molecule has 0 unspecified atom stereocenters. The highest BCUT2D eigenvalue weighted by Gasteiger charge is 2.26. The molecule has 178 valence electrons. The molecular formula is C25H23N5O3S2. The lowest BCUT2D eigenvalue weighted by atomic mass is 9.96. The fourth-order valence-corrected chi connectivity index (χ4v) is 6.15. The van der Waals surface area contributed by atoms with Crippen molar-refractivity contribution in [1.29, 1.82) is 10.5 Å². The van der Waals surface area contributed by atoms with Gasteiger partial charge in [-0.2, -0.15) is 10.5 Å². The Labute approximate surface area is 211 Å². The number of carbonyl (C=O) groups is 1. The van der Waals surface area contributed by atoms with Gasteiger partial charge in [0, 0.05) is 10.4 Å². The molecule has 2 heterocycles. The second kappa shape index (κ2) is 10.8. The molecule has 1 aliphatic rings. The second-order valence-corrected chi connectivity index (χ2v) is 10.3. The van der Waals surface area contributed by atoms with E-state index in [1.807, 2.05) is 13.0 Å². The van der Waals surface area contributed by atoms with Gasteiger partial charge in [-0.3, -0.25) is 9.59 Å². The number of aromatic nitrogens is 2. The highest BCUT2D eigenvalue weighted by atomic mass is 32.2. The van der Waals surface area contributed by atoms with Gasteiger partial charge in [0.25, 0.3) is 5.56 Å². The first-order valence-corrected chi connectivity index (χ1v) is 12.9. The summed E-state index contributed by atoms with van der Waals surface area (Å²) in [6.07, 6.45) is 4.40. The Kier molecular flexibility index (Phi) is 7.54. The first-order chi connectivity index (χ1) is 17.0. The van der Waals surface area contributed by atoms with Crippen molar-refractivity contribution in [2.75, 3.05) is 12.4 Å². The number of amides is 1. The minimum absolute atomic E-state index is 0.108. The average Bonchev–Trinajstić information content (AvgIpc) is 3.23. The number of rotatable bonds is 7. The van der Waals surface area contributed by atoms with Crippen LogP contribution in [0.1, 0.15) is 47.8 Å². The Morgan fingerprint density at radius 3 is 2.77 bits per heavy atom. The molecule has 0 saturated carbocycles. The minimum atomic E-state index is -0.573. The van der Waals surface area contributed by atoms with Crippen LogP contribution >= 0.6 is 23.1 Å². The maximum atomic E-state index is 13.2. The largest absolute Gasteiger partial charge is 0.497 e. The summed E-state index contributed by atoms with van der Waals surface area (Å²) in [5, 5.41) is 22.4. The average molecular weight is 506 g/mol. The number of thiophene rings is 1. The van der Waals surface area contributed by atoms with Crippen molar-refractivity contribution in [3.63, 3.8) is 0 Å². The minimum Gasteiger partial charge on any atom is -0.497 e. The summed E-state index contributed by atoms with van der Waals surface area (Å²) < 4.78 is 5.25. The van der Waals surface area contributed by atoms with Gasteiger partial charge in [0.15, 0.2) is 5.16 Å². The smallest absolute Gasteiger partial charge is 0.270 e. The number of nitrogens with zero attached hydrogens (tertiary/aromatic N) is 3. The zero-order chi connectivity index (χ0) is 24.9. The van der Waals surface area contributed by atoms with Crippen LogP contribution in [-0.4, -0.2) is 28.2 Å². The lowest BCUT2D eigenvalue weighted by Gasteiger charge is -2.14. The first kappa shape index (κ1) is 24.5. The summed E-state index contributed by atoms with van der Waals surface area (Å²) in [4.78, 5) is 34.1. The highest BCUT2D eigenvalue weighted by molar-refractivity contribution is 8.00. The number of nitriles is 2. The van der Waals surface area contributed by atoms with Gasteiger partial charge in [-0.1, -0.05) is 30.8 Å². The van der Waals surface area contributed by atoms with E-state index in [0.717, 1.165) is 43.0 Å². The lowest BCUT2D eigenvalue weighted by Crippen LogP contribution is -2.25. The summed E-state index contributed by atoms with van der Waals surface area (Å²) >= 11 is 2.59. The standard InChI is InChI=1S/C25H23N5O3S2/c1-3-19(23(32)29-24-17(12-26)16-9-4-5-10-20(16)34-24)35-25-28-21(18(13-27)22(31)30-25)14-7-6-8-15(11-14)33-2/h6-8,11,19H,3-5,9-10H2,1-2H3,(H,29,32)(H,28,30,31)/t19-/m1/s1. The summed E-state index contributed by atoms with van der Waals surface area (Å²) in [5.74, 6) is 0.308. The fourth-order valence-electron chi connectivity index (χ4n) is 4.01. The zero-order valence-electron chi connectivity index (χ0n) is 19.3. The normalized spacial score (nSPS) is 13.3. The van der Waals surface area contributed by atoms with E-state index in [9.17, 15) is 20.1 Å². The van der Waals surface area contributed by atoms with Gasteiger partial charge >= 0.3 is 0 Å². The number of methoxy groups -OCH3 is 1. The molecule has 1 aromatic carbocycles. The van der Waals surface area contributed by atoms with E-state index in [-0.39, 0.29) is 22.3 Å². The molecule has 0 spiro atoms. The van der Waals surface area contributed by atoms with Crippen LogP contribution in [-0.2, 0) is 17.6 Å². The molecule has 0 bridgehead atoms. The maximum Gasteiger partial charge on any atom is 0.270 e. The Balaban J connectivity index is 1.61. The molecule has 1 amide bonds. The molecule has 35 heavy (non-hydrogen) atoms. The number of anilines is 1. The van der Waals surface area contributed by atoms with E-state index in [0.29, 0.717) is 28.3 Å². The fraction of sp³-hybridized carbons (Fsp3) is 0.320. The second-order valence-electron chi connectivity index (χ2n) is 7.97. The van der Waals surface area contributed by atoms with E-state index < -0.39 is 10.8 Å². The highest BCUT2D eigenvalue weighted by Crippen LogP contribution is 2.38. The Morgan fingerprint density at radius 2 is 2.06 bits per heavy atom. The van der Waals surface area contributed by atoms with E-state index >= 15 is 0 Å². The van der Waals surface area contributed by atoms with Crippen LogP contribution in [0.3, 0.4) is 0 Å². The van der Waals surface area contributed by atoms with Crippen LogP contribution in [0.5, 0.6) is 5.75 Å². The summed E-state index contributed by atoms with van der Waals surface area (Å²) in [6.45, 7) is 1.87. The Hall–Kier alpha value is -3.60. The molecule has 1 atom stereocenters. The number of hydrogen-bond acceptors (Lipinski definition) is 8. The molecule has 10 heteroatoms. The number of thioether (sulfide) groups is 1. The van der Waals surface area contributed by atoms with Crippen LogP contribution < -0.4 is 15.6 Å². The molecule has 0 fully saturated rings. The van der Waals surface area contributed by atoms with Crippen molar-refractivity contribution in [2.45, 2.75) is 49.4 Å². The van der Waals surface area contributed by atoms with Gasteiger partial charge in [0.1, 0.15) is 28.5 Å². The van der Waals surface area contributed by atoms with Gasteiger partial charge < -0.3 is 15.0 Å². The van der Waals surface area contributed by atoms with Crippen molar-refractivity contribution >= 4 is 34.0 Å². The third kappa shape index (κ3) is 5.09. The quantitative estimate of drug-likeness (QED) is 0.353.